The molecule has 1 aliphatic heterocycles. The second kappa shape index (κ2) is 9.14. The number of dihydropyridines is 1. The largest absolute Gasteiger partial charge is 0.463 e. The van der Waals surface area contributed by atoms with Crippen LogP contribution in [0.1, 0.15) is 32.3 Å². The molecule has 0 radical (unpaired) electrons. The fourth-order valence-electron chi connectivity index (χ4n) is 3.10. The van der Waals surface area contributed by atoms with E-state index in [1.807, 2.05) is 0 Å². The summed E-state index contributed by atoms with van der Waals surface area (Å²) in [6.07, 6.45) is 0. The van der Waals surface area contributed by atoms with Gasteiger partial charge < -0.3 is 19.9 Å². The topological polar surface area (TPSA) is 128 Å². The number of rotatable bonds is 7. The molecule has 0 aromatic heterocycles. The lowest BCUT2D eigenvalue weighted by molar-refractivity contribution is -0.384. The Labute approximate surface area is 161 Å². The first-order valence-electron chi connectivity index (χ1n) is 8.75. The summed E-state index contributed by atoms with van der Waals surface area (Å²) in [6, 6.07) is 5.64. The standard InChI is InChI=1S/C19H22N2O7/c1-4-27-18(23)15-11(3)20-14(10-22)17(19(24)28-5-2)16(15)12-7-6-8-13(9-12)21(25)26/h6-9,16,20,22H,4-5,10H2,1-3H3. The molecule has 0 saturated heterocycles. The van der Waals surface area contributed by atoms with Crippen molar-refractivity contribution in [3.05, 3.63) is 62.5 Å². The monoisotopic (exact) mass is 390 g/mol. The molecule has 1 aromatic rings. The van der Waals surface area contributed by atoms with Gasteiger partial charge in [0.25, 0.3) is 5.69 Å². The predicted molar refractivity (Wildman–Crippen MR) is 99.1 cm³/mol. The van der Waals surface area contributed by atoms with Gasteiger partial charge in [0.1, 0.15) is 0 Å². The molecule has 2 rings (SSSR count). The van der Waals surface area contributed by atoms with E-state index in [0.29, 0.717) is 11.3 Å². The van der Waals surface area contributed by atoms with Crippen molar-refractivity contribution in [3.8, 4) is 0 Å². The highest BCUT2D eigenvalue weighted by Crippen LogP contribution is 2.40. The number of aliphatic hydroxyl groups excluding tert-OH is 1. The van der Waals surface area contributed by atoms with E-state index in [2.05, 4.69) is 5.32 Å². The van der Waals surface area contributed by atoms with Gasteiger partial charge in [-0.15, -0.1) is 0 Å². The molecule has 1 aromatic carbocycles. The number of nitrogens with zero attached hydrogens (tertiary/aromatic N) is 1. The Balaban J connectivity index is 2.73. The van der Waals surface area contributed by atoms with Crippen LogP contribution in [0.15, 0.2) is 46.8 Å². The SMILES string of the molecule is CCOC(=O)C1=C(C)NC(CO)=C(C(=O)OCC)C1c1cccc([N+](=O)[O-])c1. The third kappa shape index (κ3) is 4.20. The van der Waals surface area contributed by atoms with E-state index < -0.39 is 29.4 Å². The van der Waals surface area contributed by atoms with Crippen LogP contribution in [0.25, 0.3) is 0 Å². The minimum absolute atomic E-state index is 0.0125. The number of aliphatic hydroxyl groups is 1. The number of nitro benzene ring substituents is 1. The first-order chi connectivity index (χ1) is 13.3. The Hall–Kier alpha value is -3.20. The normalized spacial score (nSPS) is 16.5. The first kappa shape index (κ1) is 21.1. The Bertz CT molecular complexity index is 858. The second-order valence-corrected chi connectivity index (χ2v) is 5.94. The van der Waals surface area contributed by atoms with Crippen LogP contribution in [0, 0.1) is 10.1 Å². The molecule has 28 heavy (non-hydrogen) atoms. The Morgan fingerprint density at radius 2 is 1.79 bits per heavy atom. The van der Waals surface area contributed by atoms with Crippen LogP contribution in [-0.4, -0.2) is 41.8 Å². The zero-order chi connectivity index (χ0) is 20.8. The lowest BCUT2D eigenvalue weighted by Crippen LogP contribution is -2.34. The summed E-state index contributed by atoms with van der Waals surface area (Å²) in [5.74, 6) is -2.38. The number of hydrogen-bond donors (Lipinski definition) is 2. The van der Waals surface area contributed by atoms with E-state index in [-0.39, 0.29) is 35.7 Å². The van der Waals surface area contributed by atoms with Gasteiger partial charge in [0.05, 0.1) is 47.5 Å². The molecular formula is C19H22N2O7. The molecule has 0 fully saturated rings. The lowest BCUT2D eigenvalue weighted by Gasteiger charge is -2.30. The smallest absolute Gasteiger partial charge is 0.336 e. The molecule has 9 heteroatoms. The second-order valence-electron chi connectivity index (χ2n) is 5.94. The molecule has 2 N–H and O–H groups in total. The van der Waals surface area contributed by atoms with Crippen LogP contribution in [0.3, 0.4) is 0 Å². The molecular weight excluding hydrogens is 368 g/mol. The highest BCUT2D eigenvalue weighted by atomic mass is 16.6. The maximum absolute atomic E-state index is 12.7. The van der Waals surface area contributed by atoms with E-state index >= 15 is 0 Å². The summed E-state index contributed by atoms with van der Waals surface area (Å²) in [4.78, 5) is 35.9. The van der Waals surface area contributed by atoms with Gasteiger partial charge in [-0.1, -0.05) is 12.1 Å². The summed E-state index contributed by atoms with van der Waals surface area (Å²) in [7, 11) is 0. The van der Waals surface area contributed by atoms with E-state index in [1.165, 1.54) is 18.2 Å². The predicted octanol–water partition coefficient (Wildman–Crippen LogP) is 1.93. The van der Waals surface area contributed by atoms with Gasteiger partial charge in [-0.2, -0.15) is 0 Å². The van der Waals surface area contributed by atoms with Crippen molar-refractivity contribution in [2.45, 2.75) is 26.7 Å². The summed E-state index contributed by atoms with van der Waals surface area (Å²) in [5, 5.41) is 23.8. The Morgan fingerprint density at radius 3 is 2.32 bits per heavy atom. The van der Waals surface area contributed by atoms with Gasteiger partial charge in [-0.25, -0.2) is 9.59 Å². The number of carbonyl (C=O) groups is 2. The average Bonchev–Trinajstić information content (AvgIpc) is 2.67. The van der Waals surface area contributed by atoms with Crippen molar-refractivity contribution >= 4 is 17.6 Å². The Kier molecular flexibility index (Phi) is 6.89. The highest BCUT2D eigenvalue weighted by Gasteiger charge is 2.39. The Morgan fingerprint density at radius 1 is 1.18 bits per heavy atom. The van der Waals surface area contributed by atoms with E-state index in [4.69, 9.17) is 9.47 Å². The molecule has 1 heterocycles. The molecule has 1 atom stereocenters. The minimum Gasteiger partial charge on any atom is -0.463 e. The first-order valence-corrected chi connectivity index (χ1v) is 8.75. The summed E-state index contributed by atoms with van der Waals surface area (Å²) in [5.41, 5.74) is 0.839. The molecule has 0 bridgehead atoms. The number of allylic oxidation sites excluding steroid dienone is 1. The van der Waals surface area contributed by atoms with Crippen LogP contribution in [0.2, 0.25) is 0 Å². The van der Waals surface area contributed by atoms with Crippen molar-refractivity contribution in [2.75, 3.05) is 19.8 Å². The van der Waals surface area contributed by atoms with Gasteiger partial charge >= 0.3 is 11.9 Å². The number of benzene rings is 1. The van der Waals surface area contributed by atoms with E-state index in [1.54, 1.807) is 26.8 Å². The molecule has 0 saturated carbocycles. The van der Waals surface area contributed by atoms with Crippen molar-refractivity contribution in [1.29, 1.82) is 0 Å². The molecule has 1 unspecified atom stereocenters. The van der Waals surface area contributed by atoms with E-state index in [0.717, 1.165) is 0 Å². The van der Waals surface area contributed by atoms with Gasteiger partial charge in [0.2, 0.25) is 0 Å². The summed E-state index contributed by atoms with van der Waals surface area (Å²) in [6.45, 7) is 4.57. The third-order valence-electron chi connectivity index (χ3n) is 4.21. The molecule has 0 spiro atoms. The van der Waals surface area contributed by atoms with Gasteiger partial charge in [-0.05, 0) is 26.3 Å². The zero-order valence-electron chi connectivity index (χ0n) is 15.9. The van der Waals surface area contributed by atoms with Crippen LogP contribution in [-0.2, 0) is 19.1 Å². The highest BCUT2D eigenvalue weighted by molar-refractivity contribution is 6.00. The van der Waals surface area contributed by atoms with Crippen molar-refractivity contribution in [1.82, 2.24) is 5.32 Å². The van der Waals surface area contributed by atoms with Crippen LogP contribution < -0.4 is 5.32 Å². The number of hydrogen-bond acceptors (Lipinski definition) is 8. The fourth-order valence-corrected chi connectivity index (χ4v) is 3.10. The number of ether oxygens (including phenoxy) is 2. The molecule has 150 valence electrons. The molecule has 9 nitrogen and oxygen atoms in total. The lowest BCUT2D eigenvalue weighted by atomic mass is 9.80. The van der Waals surface area contributed by atoms with Gasteiger partial charge in [0, 0.05) is 17.8 Å². The number of esters is 2. The number of nitro groups is 1. The maximum atomic E-state index is 12.7. The quantitative estimate of drug-likeness (QED) is 0.411. The van der Waals surface area contributed by atoms with Crippen LogP contribution in [0.4, 0.5) is 5.69 Å². The third-order valence-corrected chi connectivity index (χ3v) is 4.21. The molecule has 0 aliphatic carbocycles. The van der Waals surface area contributed by atoms with Crippen molar-refractivity contribution in [3.63, 3.8) is 0 Å². The zero-order valence-corrected chi connectivity index (χ0v) is 15.9. The summed E-state index contributed by atoms with van der Waals surface area (Å²) >= 11 is 0. The summed E-state index contributed by atoms with van der Waals surface area (Å²) < 4.78 is 10.2. The maximum Gasteiger partial charge on any atom is 0.336 e. The number of carbonyl (C=O) groups excluding carboxylic acids is 2. The van der Waals surface area contributed by atoms with Crippen molar-refractivity contribution in [2.24, 2.45) is 0 Å². The van der Waals surface area contributed by atoms with Crippen LogP contribution in [0.5, 0.6) is 0 Å². The minimum atomic E-state index is -0.985. The van der Waals surface area contributed by atoms with Gasteiger partial charge in [-0.3, -0.25) is 10.1 Å². The number of nitrogens with one attached hydrogen (secondary N) is 1. The van der Waals surface area contributed by atoms with E-state index in [9.17, 15) is 24.8 Å². The molecule has 0 amide bonds. The van der Waals surface area contributed by atoms with Gasteiger partial charge in [0.15, 0.2) is 0 Å². The fraction of sp³-hybridized carbons (Fsp3) is 0.368. The number of non-ortho nitro benzene ring substituents is 1. The average molecular weight is 390 g/mol. The van der Waals surface area contributed by atoms with Crippen LogP contribution >= 0.6 is 0 Å². The molecule has 1 aliphatic rings. The van der Waals surface area contributed by atoms with Crippen molar-refractivity contribution < 1.29 is 29.1 Å².